The fourth-order valence-electron chi connectivity index (χ4n) is 2.59. The van der Waals surface area contributed by atoms with Crippen molar-refractivity contribution in [2.75, 3.05) is 6.61 Å². The van der Waals surface area contributed by atoms with E-state index >= 15 is 0 Å². The molecule has 0 aliphatic carbocycles. The molecule has 0 bridgehead atoms. The molecule has 1 aliphatic heterocycles. The van der Waals surface area contributed by atoms with Crippen molar-refractivity contribution in [3.8, 4) is 0 Å². The molecule has 3 heterocycles. The van der Waals surface area contributed by atoms with Crippen molar-refractivity contribution < 1.29 is 4.74 Å². The topological polar surface area (TPSA) is 50.8 Å². The number of aromatic nitrogens is 3. The van der Waals surface area contributed by atoms with Gasteiger partial charge in [0.1, 0.15) is 5.82 Å². The summed E-state index contributed by atoms with van der Waals surface area (Å²) in [5.41, 5.74) is 3.08. The van der Waals surface area contributed by atoms with Crippen LogP contribution in [0.15, 0.2) is 12.3 Å². The Morgan fingerprint density at radius 2 is 2.41 bits per heavy atom. The largest absolute Gasteiger partial charge is 0.377 e. The van der Waals surface area contributed by atoms with Crippen LogP contribution in [0, 0.1) is 6.92 Å². The zero-order valence-electron chi connectivity index (χ0n) is 10.2. The Morgan fingerprint density at radius 1 is 1.53 bits per heavy atom. The Labute approximate surface area is 100 Å². The average molecular weight is 231 g/mol. The van der Waals surface area contributed by atoms with Crippen LogP contribution < -0.4 is 0 Å². The monoisotopic (exact) mass is 231 g/mol. The van der Waals surface area contributed by atoms with Gasteiger partial charge in [0, 0.05) is 18.7 Å². The number of rotatable bonds is 2. The summed E-state index contributed by atoms with van der Waals surface area (Å²) in [6, 6.07) is 2.01. The molecule has 3 rings (SSSR count). The summed E-state index contributed by atoms with van der Waals surface area (Å²) >= 11 is 0. The van der Waals surface area contributed by atoms with E-state index in [1.165, 1.54) is 5.56 Å². The van der Waals surface area contributed by atoms with E-state index in [2.05, 4.69) is 28.8 Å². The van der Waals surface area contributed by atoms with Crippen molar-refractivity contribution in [3.05, 3.63) is 23.7 Å². The first-order valence-corrected chi connectivity index (χ1v) is 6.22. The van der Waals surface area contributed by atoms with E-state index < -0.39 is 0 Å². The number of fused-ring (bicyclic) bond motifs is 1. The molecule has 17 heavy (non-hydrogen) atoms. The van der Waals surface area contributed by atoms with Gasteiger partial charge in [-0.1, -0.05) is 6.92 Å². The zero-order valence-corrected chi connectivity index (χ0v) is 10.2. The molecule has 4 heteroatoms. The molecule has 0 radical (unpaired) electrons. The third kappa shape index (κ3) is 1.72. The van der Waals surface area contributed by atoms with Crippen molar-refractivity contribution in [1.29, 1.82) is 0 Å². The number of hydrogen-bond donors (Lipinski definition) is 1. The first-order valence-electron chi connectivity index (χ1n) is 6.22. The highest BCUT2D eigenvalue weighted by atomic mass is 16.5. The minimum absolute atomic E-state index is 0.302. The third-order valence-corrected chi connectivity index (χ3v) is 3.58. The minimum atomic E-state index is 0.302. The van der Waals surface area contributed by atoms with Crippen LogP contribution in [0.4, 0.5) is 0 Å². The normalized spacial score (nSPS) is 24.6. The smallest absolute Gasteiger partial charge is 0.177 e. The summed E-state index contributed by atoms with van der Waals surface area (Å²) in [7, 11) is 0. The van der Waals surface area contributed by atoms with Crippen LogP contribution in [0.3, 0.4) is 0 Å². The Bertz CT molecular complexity index is 534. The fraction of sp³-hybridized carbons (Fsp3) is 0.538. The average Bonchev–Trinajstić information content (AvgIpc) is 2.94. The number of H-pyrrole nitrogens is 1. The molecule has 2 atom stereocenters. The summed E-state index contributed by atoms with van der Waals surface area (Å²) < 4.78 is 5.71. The van der Waals surface area contributed by atoms with E-state index in [0.29, 0.717) is 12.0 Å². The molecular formula is C13H17N3O. The van der Waals surface area contributed by atoms with E-state index in [1.54, 1.807) is 0 Å². The number of imidazole rings is 1. The molecule has 2 aromatic rings. The van der Waals surface area contributed by atoms with Crippen LogP contribution in [0.5, 0.6) is 0 Å². The Kier molecular flexibility index (Phi) is 2.59. The highest BCUT2D eigenvalue weighted by Crippen LogP contribution is 2.32. The predicted molar refractivity (Wildman–Crippen MR) is 66.0 cm³/mol. The maximum atomic E-state index is 5.71. The van der Waals surface area contributed by atoms with Crippen LogP contribution in [-0.4, -0.2) is 27.7 Å². The van der Waals surface area contributed by atoms with Gasteiger partial charge < -0.3 is 9.72 Å². The maximum absolute atomic E-state index is 5.71. The van der Waals surface area contributed by atoms with Gasteiger partial charge in [0.25, 0.3) is 0 Å². The van der Waals surface area contributed by atoms with Gasteiger partial charge in [-0.3, -0.25) is 0 Å². The highest BCUT2D eigenvalue weighted by molar-refractivity contribution is 5.74. The summed E-state index contributed by atoms with van der Waals surface area (Å²) in [5.74, 6) is 1.43. The lowest BCUT2D eigenvalue weighted by molar-refractivity contribution is 0.0996. The number of nitrogens with zero attached hydrogens (tertiary/aromatic N) is 2. The molecular weight excluding hydrogens is 214 g/mol. The lowest BCUT2D eigenvalue weighted by atomic mass is 9.99. The van der Waals surface area contributed by atoms with Gasteiger partial charge in [-0.2, -0.15) is 0 Å². The standard InChI is InChI=1S/C13H17N3O/c1-3-10-9(5-7-17-10)12-15-11-8(2)4-6-14-13(11)16-12/h4,6,9-10H,3,5,7H2,1-2H3,(H,14,15,16). The van der Waals surface area contributed by atoms with Gasteiger partial charge >= 0.3 is 0 Å². The lowest BCUT2D eigenvalue weighted by Crippen LogP contribution is -2.14. The summed E-state index contributed by atoms with van der Waals surface area (Å²) in [4.78, 5) is 12.3. The van der Waals surface area contributed by atoms with Gasteiger partial charge in [0.05, 0.1) is 11.6 Å². The predicted octanol–water partition coefficient (Wildman–Crippen LogP) is 2.55. The number of aromatic amines is 1. The van der Waals surface area contributed by atoms with E-state index in [9.17, 15) is 0 Å². The molecule has 0 aromatic carbocycles. The first kappa shape index (κ1) is 10.7. The molecule has 90 valence electrons. The molecule has 0 spiro atoms. The quantitative estimate of drug-likeness (QED) is 0.864. The second-order valence-electron chi connectivity index (χ2n) is 4.66. The summed E-state index contributed by atoms with van der Waals surface area (Å²) in [6.07, 6.45) is 4.20. The molecule has 1 saturated heterocycles. The number of aryl methyl sites for hydroxylation is 1. The van der Waals surface area contributed by atoms with E-state index in [-0.39, 0.29) is 0 Å². The minimum Gasteiger partial charge on any atom is -0.377 e. The number of hydrogen-bond acceptors (Lipinski definition) is 3. The third-order valence-electron chi connectivity index (χ3n) is 3.58. The molecule has 1 fully saturated rings. The van der Waals surface area contributed by atoms with E-state index in [4.69, 9.17) is 4.74 Å². The Balaban J connectivity index is 2.03. The van der Waals surface area contributed by atoms with Crippen LogP contribution in [0.2, 0.25) is 0 Å². The van der Waals surface area contributed by atoms with Crippen molar-refractivity contribution in [1.82, 2.24) is 15.0 Å². The van der Waals surface area contributed by atoms with E-state index in [0.717, 1.165) is 36.4 Å². The van der Waals surface area contributed by atoms with Crippen LogP contribution >= 0.6 is 0 Å². The van der Waals surface area contributed by atoms with Gasteiger partial charge in [0.2, 0.25) is 0 Å². The molecule has 4 nitrogen and oxygen atoms in total. The molecule has 1 aliphatic rings. The zero-order chi connectivity index (χ0) is 11.8. The van der Waals surface area contributed by atoms with Gasteiger partial charge in [-0.15, -0.1) is 0 Å². The van der Waals surface area contributed by atoms with E-state index in [1.807, 2.05) is 12.3 Å². The molecule has 0 saturated carbocycles. The second-order valence-corrected chi connectivity index (χ2v) is 4.66. The fourth-order valence-corrected chi connectivity index (χ4v) is 2.59. The lowest BCUT2D eigenvalue weighted by Gasteiger charge is -2.13. The number of pyridine rings is 1. The number of ether oxygens (including phenoxy) is 1. The first-order chi connectivity index (χ1) is 8.29. The van der Waals surface area contributed by atoms with Crippen molar-refractivity contribution in [2.24, 2.45) is 0 Å². The van der Waals surface area contributed by atoms with Gasteiger partial charge in [-0.25, -0.2) is 9.97 Å². The summed E-state index contributed by atoms with van der Waals surface area (Å²) in [6.45, 7) is 5.08. The number of nitrogens with one attached hydrogen (secondary N) is 1. The highest BCUT2D eigenvalue weighted by Gasteiger charge is 2.30. The van der Waals surface area contributed by atoms with Crippen LogP contribution in [-0.2, 0) is 4.74 Å². The van der Waals surface area contributed by atoms with Crippen molar-refractivity contribution in [3.63, 3.8) is 0 Å². The maximum Gasteiger partial charge on any atom is 0.177 e. The molecule has 2 aromatic heterocycles. The van der Waals surface area contributed by atoms with Gasteiger partial charge in [-0.05, 0) is 31.4 Å². The van der Waals surface area contributed by atoms with Crippen molar-refractivity contribution in [2.45, 2.75) is 38.7 Å². The second kappa shape index (κ2) is 4.11. The Hall–Kier alpha value is -1.42. The Morgan fingerprint density at radius 3 is 3.18 bits per heavy atom. The van der Waals surface area contributed by atoms with Gasteiger partial charge in [0.15, 0.2) is 5.65 Å². The molecule has 0 amide bonds. The van der Waals surface area contributed by atoms with Crippen LogP contribution in [0.1, 0.15) is 37.1 Å². The molecule has 2 unspecified atom stereocenters. The van der Waals surface area contributed by atoms with Crippen molar-refractivity contribution >= 4 is 11.2 Å². The molecule has 1 N–H and O–H groups in total. The summed E-state index contributed by atoms with van der Waals surface area (Å²) in [5, 5.41) is 0. The van der Waals surface area contributed by atoms with Crippen LogP contribution in [0.25, 0.3) is 11.2 Å². The SMILES string of the molecule is CCC1OCCC1c1nc2nccc(C)c2[nH]1.